The first-order valence-corrected chi connectivity index (χ1v) is 7.43. The van der Waals surface area contributed by atoms with Crippen molar-refractivity contribution in [2.45, 2.75) is 38.5 Å². The smallest absolute Gasteiger partial charge is 0.251 e. The Morgan fingerprint density at radius 2 is 2.00 bits per heavy atom. The maximum Gasteiger partial charge on any atom is 0.251 e. The molecule has 3 rings (SSSR count). The highest BCUT2D eigenvalue weighted by atomic mass is 35.5. The summed E-state index contributed by atoms with van der Waals surface area (Å²) in [5, 5.41) is 5.80. The quantitative estimate of drug-likeness (QED) is 0.902. The third-order valence-electron chi connectivity index (χ3n) is 4.27. The number of hydrogen-bond acceptors (Lipinski definition) is 2. The van der Waals surface area contributed by atoms with Gasteiger partial charge in [-0.2, -0.15) is 0 Å². The van der Waals surface area contributed by atoms with Gasteiger partial charge in [-0.05, 0) is 42.5 Å². The van der Waals surface area contributed by atoms with Crippen molar-refractivity contribution < 1.29 is 9.59 Å². The van der Waals surface area contributed by atoms with Gasteiger partial charge in [0.1, 0.15) is 0 Å². The van der Waals surface area contributed by atoms with Gasteiger partial charge in [0.25, 0.3) is 5.91 Å². The lowest BCUT2D eigenvalue weighted by molar-refractivity contribution is -0.115. The highest BCUT2D eigenvalue weighted by Gasteiger charge is 2.20. The first-order valence-electron chi connectivity index (χ1n) is 7.43. The normalized spacial score (nSPS) is 17.6. The largest absolute Gasteiger partial charge is 0.352 e. The molecule has 5 heteroatoms. The molecule has 2 amide bonds. The summed E-state index contributed by atoms with van der Waals surface area (Å²) in [6.45, 7) is 0.771. The summed E-state index contributed by atoms with van der Waals surface area (Å²) >= 11 is 0. The Hall–Kier alpha value is -1.55. The van der Waals surface area contributed by atoms with E-state index in [-0.39, 0.29) is 24.2 Å². The monoisotopic (exact) mass is 308 g/mol. The Balaban J connectivity index is 0.00000161. The van der Waals surface area contributed by atoms with Crippen LogP contribution in [0.5, 0.6) is 0 Å². The molecule has 0 unspecified atom stereocenters. The molecule has 0 bridgehead atoms. The van der Waals surface area contributed by atoms with E-state index >= 15 is 0 Å². The molecular weight excluding hydrogens is 288 g/mol. The van der Waals surface area contributed by atoms with E-state index in [1.54, 1.807) is 6.07 Å². The van der Waals surface area contributed by atoms with E-state index in [9.17, 15) is 9.59 Å². The van der Waals surface area contributed by atoms with E-state index in [4.69, 9.17) is 0 Å². The van der Waals surface area contributed by atoms with Crippen LogP contribution in [0.4, 0.5) is 5.69 Å². The third kappa shape index (κ3) is 3.76. The minimum atomic E-state index is -0.0299. The van der Waals surface area contributed by atoms with Gasteiger partial charge in [-0.15, -0.1) is 12.4 Å². The van der Waals surface area contributed by atoms with Gasteiger partial charge in [0.2, 0.25) is 5.91 Å². The van der Waals surface area contributed by atoms with Gasteiger partial charge < -0.3 is 10.6 Å². The Kier molecular flexibility index (Phi) is 5.23. The molecule has 1 saturated carbocycles. The Morgan fingerprint density at radius 1 is 1.24 bits per heavy atom. The van der Waals surface area contributed by atoms with Crippen molar-refractivity contribution in [2.24, 2.45) is 5.92 Å². The Morgan fingerprint density at radius 3 is 2.76 bits per heavy atom. The molecule has 0 spiro atoms. The zero-order valence-electron chi connectivity index (χ0n) is 12.0. The van der Waals surface area contributed by atoms with Gasteiger partial charge in [-0.3, -0.25) is 9.59 Å². The van der Waals surface area contributed by atoms with E-state index in [1.807, 2.05) is 12.1 Å². The van der Waals surface area contributed by atoms with Crippen molar-refractivity contribution in [1.29, 1.82) is 0 Å². The highest BCUT2D eigenvalue weighted by Crippen LogP contribution is 2.25. The van der Waals surface area contributed by atoms with Gasteiger partial charge in [0, 0.05) is 17.8 Å². The van der Waals surface area contributed by atoms with Gasteiger partial charge in [-0.25, -0.2) is 0 Å². The van der Waals surface area contributed by atoms with Crippen molar-refractivity contribution in [3.63, 3.8) is 0 Å². The molecule has 114 valence electrons. The molecule has 0 radical (unpaired) electrons. The summed E-state index contributed by atoms with van der Waals surface area (Å²) in [5.41, 5.74) is 2.40. The molecule has 2 N–H and O–H groups in total. The number of carbonyl (C=O) groups is 2. The summed E-state index contributed by atoms with van der Waals surface area (Å²) in [6.07, 6.45) is 6.72. The topological polar surface area (TPSA) is 58.2 Å². The number of hydrogen-bond donors (Lipinski definition) is 2. The molecule has 1 aromatic rings. The summed E-state index contributed by atoms with van der Waals surface area (Å²) in [6, 6.07) is 5.42. The molecule has 2 aliphatic rings. The van der Waals surface area contributed by atoms with E-state index in [1.165, 1.54) is 32.1 Å². The summed E-state index contributed by atoms with van der Waals surface area (Å²) in [7, 11) is 0. The molecule has 1 aromatic carbocycles. The first-order chi connectivity index (χ1) is 9.72. The number of rotatable bonds is 3. The lowest BCUT2D eigenvalue weighted by Crippen LogP contribution is -2.30. The van der Waals surface area contributed by atoms with E-state index in [2.05, 4.69) is 10.6 Å². The van der Waals surface area contributed by atoms with Crippen molar-refractivity contribution >= 4 is 29.9 Å². The summed E-state index contributed by atoms with van der Waals surface area (Å²) in [4.78, 5) is 23.5. The molecule has 0 saturated heterocycles. The fourth-order valence-corrected chi connectivity index (χ4v) is 3.10. The van der Waals surface area contributed by atoms with Crippen LogP contribution in [0, 0.1) is 5.92 Å². The van der Waals surface area contributed by atoms with E-state index in [0.29, 0.717) is 17.9 Å². The second kappa shape index (κ2) is 6.94. The average molecular weight is 309 g/mol. The molecule has 1 heterocycles. The molecule has 1 aliphatic heterocycles. The van der Waals surface area contributed by atoms with Crippen molar-refractivity contribution in [2.75, 3.05) is 11.9 Å². The Bertz CT molecular complexity index is 539. The zero-order chi connectivity index (χ0) is 13.9. The van der Waals surface area contributed by atoms with Crippen molar-refractivity contribution in [3.05, 3.63) is 29.3 Å². The third-order valence-corrected chi connectivity index (χ3v) is 4.27. The SMILES string of the molecule is Cl.O=C1Cc2cc(C(=O)NCC3CCCCC3)ccc2N1. The van der Waals surface area contributed by atoms with Crippen LogP contribution in [0.2, 0.25) is 0 Å². The predicted octanol–water partition coefficient (Wildman–Crippen LogP) is 2.91. The highest BCUT2D eigenvalue weighted by molar-refractivity contribution is 6.01. The van der Waals surface area contributed by atoms with Crippen LogP contribution in [0.25, 0.3) is 0 Å². The number of halogens is 1. The number of carbonyl (C=O) groups excluding carboxylic acids is 2. The predicted molar refractivity (Wildman–Crippen MR) is 84.9 cm³/mol. The standard InChI is InChI=1S/C16H20N2O2.ClH/c19-15-9-13-8-12(6-7-14(13)18-15)16(20)17-10-11-4-2-1-3-5-11;/h6-8,11H,1-5,9-10H2,(H,17,20)(H,18,19);1H. The van der Waals surface area contributed by atoms with Gasteiger partial charge >= 0.3 is 0 Å². The van der Waals surface area contributed by atoms with Crippen LogP contribution >= 0.6 is 12.4 Å². The number of fused-ring (bicyclic) bond motifs is 1. The molecule has 4 nitrogen and oxygen atoms in total. The number of nitrogens with one attached hydrogen (secondary N) is 2. The van der Waals surface area contributed by atoms with E-state index in [0.717, 1.165) is 17.8 Å². The van der Waals surface area contributed by atoms with Crippen LogP contribution in [-0.4, -0.2) is 18.4 Å². The maximum absolute atomic E-state index is 12.2. The maximum atomic E-state index is 12.2. The van der Waals surface area contributed by atoms with Crippen LogP contribution in [0.1, 0.15) is 48.0 Å². The fourth-order valence-electron chi connectivity index (χ4n) is 3.10. The second-order valence-corrected chi connectivity index (χ2v) is 5.81. The molecule has 1 fully saturated rings. The van der Waals surface area contributed by atoms with Crippen molar-refractivity contribution in [3.8, 4) is 0 Å². The summed E-state index contributed by atoms with van der Waals surface area (Å²) in [5.74, 6) is 0.600. The van der Waals surface area contributed by atoms with Gasteiger partial charge in [-0.1, -0.05) is 19.3 Å². The Labute approximate surface area is 131 Å². The molecule has 1 aliphatic carbocycles. The molecule has 21 heavy (non-hydrogen) atoms. The van der Waals surface area contributed by atoms with Crippen LogP contribution < -0.4 is 10.6 Å². The van der Waals surface area contributed by atoms with Gasteiger partial charge in [0.15, 0.2) is 0 Å². The van der Waals surface area contributed by atoms with Gasteiger partial charge in [0.05, 0.1) is 6.42 Å². The van der Waals surface area contributed by atoms with E-state index < -0.39 is 0 Å². The minimum Gasteiger partial charge on any atom is -0.352 e. The zero-order valence-corrected chi connectivity index (χ0v) is 12.8. The van der Waals surface area contributed by atoms with Crippen molar-refractivity contribution in [1.82, 2.24) is 5.32 Å². The molecular formula is C16H21ClN2O2. The fraction of sp³-hybridized carbons (Fsp3) is 0.500. The second-order valence-electron chi connectivity index (χ2n) is 5.81. The number of benzene rings is 1. The number of anilines is 1. The van der Waals surface area contributed by atoms with Crippen LogP contribution in [0.3, 0.4) is 0 Å². The first kappa shape index (κ1) is 15.8. The van der Waals surface area contributed by atoms with Crippen LogP contribution in [0.15, 0.2) is 18.2 Å². The lowest BCUT2D eigenvalue weighted by Gasteiger charge is -2.21. The lowest BCUT2D eigenvalue weighted by atomic mass is 9.89. The number of amides is 2. The molecule has 0 atom stereocenters. The average Bonchev–Trinajstić information content (AvgIpc) is 2.85. The van der Waals surface area contributed by atoms with Crippen LogP contribution in [-0.2, 0) is 11.2 Å². The summed E-state index contributed by atoms with van der Waals surface area (Å²) < 4.78 is 0. The minimum absolute atomic E-state index is 0. The molecule has 0 aromatic heterocycles.